The van der Waals surface area contributed by atoms with Gasteiger partial charge in [-0.25, -0.2) is 4.57 Å². The van der Waals surface area contributed by atoms with E-state index in [9.17, 15) is 62.0 Å². The van der Waals surface area contributed by atoms with E-state index in [1.807, 2.05) is 0 Å². The van der Waals surface area contributed by atoms with Crippen molar-refractivity contribution in [1.29, 1.82) is 0 Å². The molecule has 25 heavy (non-hydrogen) atoms. The van der Waals surface area contributed by atoms with Gasteiger partial charge < -0.3 is 5.73 Å². The van der Waals surface area contributed by atoms with Crippen LogP contribution in [-0.2, 0) is 13.6 Å². The number of alkyl halides is 12. The largest absolute Gasteiger partial charge is 0.424 e. The lowest BCUT2D eigenvalue weighted by Crippen LogP contribution is -2.47. The van der Waals surface area contributed by atoms with Crippen LogP contribution in [0, 0.1) is 0 Å². The Morgan fingerprint density at radius 1 is 0.680 bits per heavy atom. The number of amides is 1. The maximum absolute atomic E-state index is 12.2. The Hall–Kier alpha value is -1.22. The number of carbonyl (C=O) groups is 1. The molecule has 0 aliphatic rings. The summed E-state index contributed by atoms with van der Waals surface area (Å²) in [5, 5.41) is 0. The number of halogens is 12. The predicted octanol–water partition coefficient (Wildman–Crippen LogP) is 4.28. The summed E-state index contributed by atoms with van der Waals surface area (Å²) in [6.07, 6.45) is -36.5. The van der Waals surface area contributed by atoms with E-state index in [-0.39, 0.29) is 0 Å². The van der Waals surface area contributed by atoms with Crippen LogP contribution in [-0.4, -0.2) is 42.6 Å². The summed E-state index contributed by atoms with van der Waals surface area (Å²) in [4.78, 5) is 10.6. The molecular formula is C7H4F12NO4P. The lowest BCUT2D eigenvalue weighted by Gasteiger charge is -2.29. The van der Waals surface area contributed by atoms with Crippen LogP contribution in [0.15, 0.2) is 0 Å². The second kappa shape index (κ2) is 6.83. The molecular weight excluding hydrogens is 421 g/mol. The Balaban J connectivity index is 6.01. The Bertz CT molecular complexity index is 468. The van der Waals surface area contributed by atoms with Crippen molar-refractivity contribution in [2.75, 3.05) is 0 Å². The van der Waals surface area contributed by atoms with Crippen LogP contribution >= 0.6 is 7.60 Å². The number of carbonyl (C=O) groups excluding carboxylic acids is 1. The molecule has 0 aromatic heterocycles. The molecule has 0 spiro atoms. The summed E-state index contributed by atoms with van der Waals surface area (Å²) >= 11 is 0. The van der Waals surface area contributed by atoms with Crippen LogP contribution < -0.4 is 5.73 Å². The third kappa shape index (κ3) is 6.54. The third-order valence-corrected chi connectivity index (χ3v) is 3.46. The second-order valence-corrected chi connectivity index (χ2v) is 5.83. The maximum atomic E-state index is 12.2. The van der Waals surface area contributed by atoms with Crippen molar-refractivity contribution in [3.63, 3.8) is 0 Å². The average molecular weight is 425 g/mol. The van der Waals surface area contributed by atoms with Gasteiger partial charge in [0, 0.05) is 0 Å². The summed E-state index contributed by atoms with van der Waals surface area (Å²) in [5.41, 5.74) is 0.982. The summed E-state index contributed by atoms with van der Waals surface area (Å²) in [6, 6.07) is 0. The first-order chi connectivity index (χ1) is 10.6. The lowest BCUT2D eigenvalue weighted by molar-refractivity contribution is -0.312. The minimum atomic E-state index is -7.03. The summed E-state index contributed by atoms with van der Waals surface area (Å²) in [6.45, 7) is 0. The van der Waals surface area contributed by atoms with E-state index < -0.39 is 50.2 Å². The van der Waals surface area contributed by atoms with Crippen LogP contribution in [0.25, 0.3) is 0 Å². The molecule has 0 bridgehead atoms. The van der Waals surface area contributed by atoms with Crippen LogP contribution in [0.5, 0.6) is 0 Å². The zero-order valence-electron chi connectivity index (χ0n) is 10.8. The molecule has 0 fully saturated rings. The third-order valence-electron chi connectivity index (χ3n) is 1.95. The van der Waals surface area contributed by atoms with E-state index in [0.29, 0.717) is 0 Å². The minimum absolute atomic E-state index is 2.66. The number of nitrogens with two attached hydrogens (primary N) is 1. The van der Waals surface area contributed by atoms with Gasteiger partial charge in [-0.1, -0.05) is 0 Å². The first kappa shape index (κ1) is 23.8. The quantitative estimate of drug-likeness (QED) is 0.527. The number of hydrogen-bond donors (Lipinski definition) is 1. The first-order valence-electron chi connectivity index (χ1n) is 5.16. The Morgan fingerprint density at radius 2 is 0.880 bits per heavy atom. The molecule has 0 aliphatic carbocycles. The van der Waals surface area contributed by atoms with E-state index in [2.05, 4.69) is 14.8 Å². The molecule has 0 heterocycles. The molecule has 0 atom stereocenters. The van der Waals surface area contributed by atoms with Gasteiger partial charge >= 0.3 is 37.9 Å². The standard InChI is InChI=1S/C7H4F12NO4P/c8-4(9,10)1(5(11,12)13)23-25(22,3(20)21)24-2(6(14,15)16)7(17,18)19/h1-2H,(H2,20,21). The molecule has 5 nitrogen and oxygen atoms in total. The van der Waals surface area contributed by atoms with Gasteiger partial charge in [0.05, 0.1) is 0 Å². The van der Waals surface area contributed by atoms with Gasteiger partial charge in [0.25, 0.3) is 12.2 Å². The van der Waals surface area contributed by atoms with E-state index in [0.717, 1.165) is 0 Å². The molecule has 0 aromatic rings. The molecule has 18 heteroatoms. The highest BCUT2D eigenvalue weighted by Crippen LogP contribution is 2.57. The highest BCUT2D eigenvalue weighted by molar-refractivity contribution is 7.71. The number of hydrogen-bond acceptors (Lipinski definition) is 4. The van der Waals surface area contributed by atoms with Crippen molar-refractivity contribution >= 4 is 13.2 Å². The van der Waals surface area contributed by atoms with Gasteiger partial charge in [-0.3, -0.25) is 13.8 Å². The zero-order valence-corrected chi connectivity index (χ0v) is 11.7. The summed E-state index contributed by atoms with van der Waals surface area (Å²) in [7, 11) is -7.03. The maximum Gasteiger partial charge on any atom is 0.424 e. The Labute approximate surface area is 128 Å². The zero-order chi connectivity index (χ0) is 20.6. The van der Waals surface area contributed by atoms with Gasteiger partial charge in [0.1, 0.15) is 0 Å². The Morgan fingerprint density at radius 3 is 1.00 bits per heavy atom. The average Bonchev–Trinajstić information content (AvgIpc) is 2.27. The monoisotopic (exact) mass is 425 g/mol. The number of primary amides is 1. The molecule has 0 unspecified atom stereocenters. The van der Waals surface area contributed by atoms with E-state index in [1.165, 1.54) is 0 Å². The molecule has 0 aromatic carbocycles. The van der Waals surface area contributed by atoms with Crippen LogP contribution in [0.3, 0.4) is 0 Å². The SMILES string of the molecule is NC(=O)P(=O)(OC(C(F)(F)F)C(F)(F)F)OC(C(F)(F)F)C(F)(F)F. The second-order valence-electron chi connectivity index (χ2n) is 3.97. The van der Waals surface area contributed by atoms with E-state index >= 15 is 0 Å². The van der Waals surface area contributed by atoms with E-state index in [1.54, 1.807) is 0 Å². The molecule has 0 saturated heterocycles. The fourth-order valence-corrected chi connectivity index (χ4v) is 2.31. The minimum Gasteiger partial charge on any atom is -0.359 e. The molecule has 150 valence electrons. The topological polar surface area (TPSA) is 78.6 Å². The summed E-state index contributed by atoms with van der Waals surface area (Å²) in [5.74, 6) is 0. The molecule has 1 amide bonds. The van der Waals surface area contributed by atoms with Crippen LogP contribution in [0.4, 0.5) is 57.5 Å². The predicted molar refractivity (Wildman–Crippen MR) is 51.2 cm³/mol. The van der Waals surface area contributed by atoms with Gasteiger partial charge in [-0.2, -0.15) is 52.7 Å². The molecule has 0 radical (unpaired) electrons. The normalized spacial score (nSPS) is 15.1. The summed E-state index contributed by atoms with van der Waals surface area (Å²) < 4.78 is 163. The molecule has 2 N–H and O–H groups in total. The highest BCUT2D eigenvalue weighted by atomic mass is 31.2. The highest BCUT2D eigenvalue weighted by Gasteiger charge is 2.65. The van der Waals surface area contributed by atoms with Gasteiger partial charge in [-0.05, 0) is 0 Å². The fraction of sp³-hybridized carbons (Fsp3) is 0.857. The van der Waals surface area contributed by atoms with Crippen molar-refractivity contribution in [2.45, 2.75) is 36.9 Å². The lowest BCUT2D eigenvalue weighted by atomic mass is 10.3. The van der Waals surface area contributed by atoms with Crippen LogP contribution in [0.1, 0.15) is 0 Å². The van der Waals surface area contributed by atoms with Crippen LogP contribution in [0.2, 0.25) is 0 Å². The van der Waals surface area contributed by atoms with Gasteiger partial charge in [0.15, 0.2) is 0 Å². The molecule has 0 rings (SSSR count). The van der Waals surface area contributed by atoms with Crippen molar-refractivity contribution < 1.29 is 71.1 Å². The van der Waals surface area contributed by atoms with E-state index in [4.69, 9.17) is 0 Å². The van der Waals surface area contributed by atoms with Crippen molar-refractivity contribution in [1.82, 2.24) is 0 Å². The smallest absolute Gasteiger partial charge is 0.359 e. The molecule has 0 saturated carbocycles. The fourth-order valence-electron chi connectivity index (χ4n) is 1.02. The van der Waals surface area contributed by atoms with Gasteiger partial charge in [-0.15, -0.1) is 0 Å². The Kier molecular flexibility index (Phi) is 6.50. The first-order valence-corrected chi connectivity index (χ1v) is 6.70. The number of rotatable bonds is 5. The van der Waals surface area contributed by atoms with Crippen molar-refractivity contribution in [3.8, 4) is 0 Å². The molecule has 0 aliphatic heterocycles. The van der Waals surface area contributed by atoms with Crippen molar-refractivity contribution in [2.24, 2.45) is 5.73 Å². The van der Waals surface area contributed by atoms with Crippen molar-refractivity contribution in [3.05, 3.63) is 0 Å². The van der Waals surface area contributed by atoms with Gasteiger partial charge in [0.2, 0.25) is 0 Å².